The number of nitrogens with one attached hydrogen (secondary N) is 2. The molecule has 2 heterocycles. The van der Waals surface area contributed by atoms with Gasteiger partial charge in [0.05, 0.1) is 20.4 Å². The van der Waals surface area contributed by atoms with Crippen molar-refractivity contribution in [3.63, 3.8) is 0 Å². The molecular weight excluding hydrogens is 426 g/mol. The van der Waals surface area contributed by atoms with E-state index in [-0.39, 0.29) is 30.2 Å². The largest absolute Gasteiger partial charge is 0.497 e. The van der Waals surface area contributed by atoms with E-state index in [2.05, 4.69) is 20.6 Å². The number of rotatable bonds is 8. The minimum absolute atomic E-state index is 0.0977. The minimum Gasteiger partial charge on any atom is -0.497 e. The van der Waals surface area contributed by atoms with E-state index in [1.165, 1.54) is 25.5 Å². The fraction of sp³-hybridized carbons (Fsp3) is 0.435. The first-order valence-electron chi connectivity index (χ1n) is 10.7. The summed E-state index contributed by atoms with van der Waals surface area (Å²) < 4.78 is 10.6. The van der Waals surface area contributed by atoms with Crippen LogP contribution in [0.5, 0.6) is 11.5 Å². The molecule has 1 aromatic heterocycles. The zero-order chi connectivity index (χ0) is 23.8. The maximum atomic E-state index is 13.0. The van der Waals surface area contributed by atoms with Gasteiger partial charge in [-0.25, -0.2) is 4.98 Å². The van der Waals surface area contributed by atoms with Crippen molar-refractivity contribution < 1.29 is 23.9 Å². The molecule has 1 aromatic carbocycles. The molecule has 2 N–H and O–H groups in total. The van der Waals surface area contributed by atoms with E-state index in [1.807, 2.05) is 0 Å². The van der Waals surface area contributed by atoms with Gasteiger partial charge in [-0.15, -0.1) is 0 Å². The van der Waals surface area contributed by atoms with Crippen LogP contribution in [0.25, 0.3) is 0 Å². The Labute approximate surface area is 192 Å². The van der Waals surface area contributed by atoms with E-state index >= 15 is 0 Å². The Morgan fingerprint density at radius 2 is 1.76 bits per heavy atom. The van der Waals surface area contributed by atoms with E-state index in [0.717, 1.165) is 5.56 Å². The Balaban J connectivity index is 1.60. The molecule has 1 aliphatic rings. The second-order valence-electron chi connectivity index (χ2n) is 7.84. The lowest BCUT2D eigenvalue weighted by Crippen LogP contribution is -2.53. The maximum Gasteiger partial charge on any atom is 0.274 e. The first-order chi connectivity index (χ1) is 15.9. The number of benzene rings is 1. The number of aromatic nitrogens is 2. The van der Waals surface area contributed by atoms with Crippen molar-refractivity contribution in [1.82, 2.24) is 25.5 Å². The highest BCUT2D eigenvalue weighted by molar-refractivity contribution is 5.92. The van der Waals surface area contributed by atoms with Gasteiger partial charge in [0.15, 0.2) is 0 Å². The van der Waals surface area contributed by atoms with Gasteiger partial charge in [0.1, 0.15) is 23.2 Å². The number of likely N-dealkylation sites (tertiary alicyclic amines) is 1. The maximum absolute atomic E-state index is 13.0. The summed E-state index contributed by atoms with van der Waals surface area (Å²) in [6.45, 7) is 2.37. The number of carbonyl (C=O) groups is 3. The van der Waals surface area contributed by atoms with Crippen molar-refractivity contribution >= 4 is 17.7 Å². The third kappa shape index (κ3) is 6.64. The summed E-state index contributed by atoms with van der Waals surface area (Å²) in [4.78, 5) is 47.0. The standard InChI is InChI=1S/C23H29N5O5/c1-15(29)26-20(12-16-10-18(32-2)13-19(11-16)33-3)22(30)27-17-4-8-28(9-5-17)23(31)21-14-24-6-7-25-21/h6-7,10-11,13-14,17,20H,4-5,8-9,12H2,1-3H3,(H,26,29)(H,27,30). The van der Waals surface area contributed by atoms with Crippen molar-refractivity contribution in [2.24, 2.45) is 0 Å². The lowest BCUT2D eigenvalue weighted by Gasteiger charge is -2.33. The molecule has 10 heteroatoms. The summed E-state index contributed by atoms with van der Waals surface area (Å²) in [6, 6.07) is 4.51. The van der Waals surface area contributed by atoms with Crippen molar-refractivity contribution in [2.45, 2.75) is 38.3 Å². The zero-order valence-corrected chi connectivity index (χ0v) is 19.0. The smallest absolute Gasteiger partial charge is 0.274 e. The normalized spacial score (nSPS) is 14.8. The van der Waals surface area contributed by atoms with Crippen LogP contribution in [0.1, 0.15) is 35.8 Å². The number of nitrogens with zero attached hydrogens (tertiary/aromatic N) is 3. The van der Waals surface area contributed by atoms with Crippen molar-refractivity contribution in [3.05, 3.63) is 48.0 Å². The number of ether oxygens (including phenoxy) is 2. The summed E-state index contributed by atoms with van der Waals surface area (Å²) in [5.74, 6) is 0.467. The molecule has 1 unspecified atom stereocenters. The number of hydrogen-bond acceptors (Lipinski definition) is 7. The lowest BCUT2D eigenvalue weighted by molar-refractivity contribution is -0.128. The van der Waals surface area contributed by atoms with Gasteiger partial charge in [0, 0.05) is 50.9 Å². The van der Waals surface area contributed by atoms with Crippen LogP contribution in [0.15, 0.2) is 36.8 Å². The van der Waals surface area contributed by atoms with Crippen LogP contribution in [-0.4, -0.2) is 72.0 Å². The number of methoxy groups -OCH3 is 2. The van der Waals surface area contributed by atoms with Gasteiger partial charge in [-0.1, -0.05) is 0 Å². The van der Waals surface area contributed by atoms with Gasteiger partial charge in [0.2, 0.25) is 11.8 Å². The van der Waals surface area contributed by atoms with Crippen molar-refractivity contribution in [2.75, 3.05) is 27.3 Å². The Hall–Kier alpha value is -3.69. The molecule has 1 aliphatic heterocycles. The van der Waals surface area contributed by atoms with Gasteiger partial charge >= 0.3 is 0 Å². The van der Waals surface area contributed by atoms with E-state index < -0.39 is 6.04 Å². The molecule has 0 radical (unpaired) electrons. The molecule has 0 saturated carbocycles. The molecule has 1 atom stereocenters. The van der Waals surface area contributed by atoms with Crippen LogP contribution in [-0.2, 0) is 16.0 Å². The van der Waals surface area contributed by atoms with E-state index in [1.54, 1.807) is 37.3 Å². The van der Waals surface area contributed by atoms with Crippen molar-refractivity contribution in [3.8, 4) is 11.5 Å². The van der Waals surface area contributed by atoms with E-state index in [0.29, 0.717) is 43.1 Å². The first kappa shape index (κ1) is 24.0. The van der Waals surface area contributed by atoms with Crippen LogP contribution in [0, 0.1) is 0 Å². The lowest BCUT2D eigenvalue weighted by atomic mass is 10.0. The summed E-state index contributed by atoms with van der Waals surface area (Å²) >= 11 is 0. The number of piperidine rings is 1. The number of hydrogen-bond donors (Lipinski definition) is 2. The highest BCUT2D eigenvalue weighted by atomic mass is 16.5. The molecule has 0 spiro atoms. The molecular formula is C23H29N5O5. The van der Waals surface area contributed by atoms with Crippen LogP contribution in [0.4, 0.5) is 0 Å². The summed E-state index contributed by atoms with van der Waals surface area (Å²) in [6.07, 6.45) is 5.95. The van der Waals surface area contributed by atoms with E-state index in [4.69, 9.17) is 9.47 Å². The van der Waals surface area contributed by atoms with Gasteiger partial charge in [-0.2, -0.15) is 0 Å². The Morgan fingerprint density at radius 1 is 1.09 bits per heavy atom. The van der Waals surface area contributed by atoms with E-state index in [9.17, 15) is 14.4 Å². The fourth-order valence-electron chi connectivity index (χ4n) is 3.77. The summed E-state index contributed by atoms with van der Waals surface area (Å²) in [5, 5.41) is 5.75. The molecule has 3 rings (SSSR count). The predicted octanol–water partition coefficient (Wildman–Crippen LogP) is 0.962. The summed E-state index contributed by atoms with van der Waals surface area (Å²) in [7, 11) is 3.11. The fourth-order valence-corrected chi connectivity index (χ4v) is 3.77. The predicted molar refractivity (Wildman–Crippen MR) is 120 cm³/mol. The minimum atomic E-state index is -0.751. The molecule has 1 fully saturated rings. The third-order valence-corrected chi connectivity index (χ3v) is 5.46. The Morgan fingerprint density at radius 3 is 2.30 bits per heavy atom. The SMILES string of the molecule is COc1cc(CC(NC(C)=O)C(=O)NC2CCN(C(=O)c3cnccn3)CC2)cc(OC)c1. The monoisotopic (exact) mass is 455 g/mol. The second-order valence-corrected chi connectivity index (χ2v) is 7.84. The van der Waals surface area contributed by atoms with Gasteiger partial charge in [-0.05, 0) is 30.5 Å². The van der Waals surface area contributed by atoms with Crippen molar-refractivity contribution in [1.29, 1.82) is 0 Å². The number of carbonyl (C=O) groups excluding carboxylic acids is 3. The molecule has 33 heavy (non-hydrogen) atoms. The molecule has 3 amide bonds. The topological polar surface area (TPSA) is 123 Å². The third-order valence-electron chi connectivity index (χ3n) is 5.46. The average molecular weight is 456 g/mol. The van der Waals surface area contributed by atoms with Crippen LogP contribution in [0.2, 0.25) is 0 Å². The highest BCUT2D eigenvalue weighted by Crippen LogP contribution is 2.23. The quantitative estimate of drug-likeness (QED) is 0.608. The van der Waals surface area contributed by atoms with Gasteiger partial charge < -0.3 is 25.0 Å². The molecule has 2 aromatic rings. The van der Waals surface area contributed by atoms with Gasteiger partial charge in [-0.3, -0.25) is 19.4 Å². The first-order valence-corrected chi connectivity index (χ1v) is 10.7. The second kappa shape index (κ2) is 11.3. The molecule has 0 bridgehead atoms. The van der Waals surface area contributed by atoms with Crippen LogP contribution >= 0.6 is 0 Å². The Bertz CT molecular complexity index is 954. The molecule has 1 saturated heterocycles. The molecule has 0 aliphatic carbocycles. The number of amides is 3. The Kier molecular flexibility index (Phi) is 8.17. The average Bonchev–Trinajstić information content (AvgIpc) is 2.83. The highest BCUT2D eigenvalue weighted by Gasteiger charge is 2.28. The molecule has 10 nitrogen and oxygen atoms in total. The van der Waals surface area contributed by atoms with Crippen LogP contribution < -0.4 is 20.1 Å². The van der Waals surface area contributed by atoms with Crippen LogP contribution in [0.3, 0.4) is 0 Å². The summed E-state index contributed by atoms with van der Waals surface area (Å²) in [5.41, 5.74) is 1.10. The van der Waals surface area contributed by atoms with Gasteiger partial charge in [0.25, 0.3) is 5.91 Å². The zero-order valence-electron chi connectivity index (χ0n) is 19.0. The molecule has 176 valence electrons.